The number of aromatic nitrogens is 5. The van der Waals surface area contributed by atoms with E-state index in [-0.39, 0.29) is 5.56 Å². The number of nitrogens with zero attached hydrogens (tertiary/aromatic N) is 5. The van der Waals surface area contributed by atoms with Crippen LogP contribution >= 0.6 is 0 Å². The molecule has 3 aromatic rings. The molecule has 0 bridgehead atoms. The van der Waals surface area contributed by atoms with Gasteiger partial charge < -0.3 is 10.6 Å². The minimum Gasteiger partial charge on any atom is -0.368 e. The van der Waals surface area contributed by atoms with E-state index in [4.69, 9.17) is 0 Å². The van der Waals surface area contributed by atoms with Crippen molar-refractivity contribution in [1.29, 1.82) is 0 Å². The summed E-state index contributed by atoms with van der Waals surface area (Å²) in [6.45, 7) is 2.51. The van der Waals surface area contributed by atoms with Crippen LogP contribution in [0.4, 0.5) is 10.2 Å². The fourth-order valence-corrected chi connectivity index (χ4v) is 2.19. The Labute approximate surface area is 143 Å². The minimum atomic E-state index is -0.650. The molecular formula is C16H16FN7O. The van der Waals surface area contributed by atoms with Gasteiger partial charge in [0.2, 0.25) is 0 Å². The van der Waals surface area contributed by atoms with Crippen LogP contribution in [0.15, 0.2) is 43.0 Å². The predicted octanol–water partition coefficient (Wildman–Crippen LogP) is 1.35. The molecule has 0 fully saturated rings. The van der Waals surface area contributed by atoms with E-state index in [1.807, 2.05) is 0 Å². The molecule has 0 aromatic carbocycles. The van der Waals surface area contributed by atoms with E-state index in [1.54, 1.807) is 36.1 Å². The molecule has 8 nitrogen and oxygen atoms in total. The van der Waals surface area contributed by atoms with E-state index >= 15 is 0 Å². The van der Waals surface area contributed by atoms with Crippen molar-refractivity contribution in [2.75, 3.05) is 18.4 Å². The normalized spacial score (nSPS) is 10.5. The quantitative estimate of drug-likeness (QED) is 0.657. The Morgan fingerprint density at radius 2 is 2.16 bits per heavy atom. The van der Waals surface area contributed by atoms with Crippen LogP contribution in [-0.2, 0) is 0 Å². The highest BCUT2D eigenvalue weighted by Gasteiger charge is 2.10. The number of halogens is 1. The predicted molar refractivity (Wildman–Crippen MR) is 88.9 cm³/mol. The zero-order chi connectivity index (χ0) is 17.6. The SMILES string of the molecule is Cc1nc(NCCNC(=O)c2ccncc2F)cc(-n2cccn2)n1. The monoisotopic (exact) mass is 341 g/mol. The molecule has 0 radical (unpaired) electrons. The molecule has 0 aliphatic rings. The van der Waals surface area contributed by atoms with Crippen LogP contribution in [0.25, 0.3) is 5.82 Å². The van der Waals surface area contributed by atoms with Crippen LogP contribution in [0.2, 0.25) is 0 Å². The number of carbonyl (C=O) groups excluding carboxylic acids is 1. The Morgan fingerprint density at radius 3 is 2.92 bits per heavy atom. The minimum absolute atomic E-state index is 0.0335. The lowest BCUT2D eigenvalue weighted by atomic mass is 10.2. The van der Waals surface area contributed by atoms with Gasteiger partial charge in [-0.05, 0) is 19.1 Å². The van der Waals surface area contributed by atoms with Gasteiger partial charge in [0.05, 0.1) is 11.8 Å². The fraction of sp³-hybridized carbons (Fsp3) is 0.188. The number of hydrogen-bond donors (Lipinski definition) is 2. The molecule has 0 atom stereocenters. The summed E-state index contributed by atoms with van der Waals surface area (Å²) < 4.78 is 15.1. The number of nitrogens with one attached hydrogen (secondary N) is 2. The topological polar surface area (TPSA) is 97.6 Å². The molecule has 0 saturated heterocycles. The van der Waals surface area contributed by atoms with Crippen LogP contribution in [-0.4, -0.2) is 43.7 Å². The molecule has 9 heteroatoms. The third kappa shape index (κ3) is 4.14. The number of anilines is 1. The third-order valence-electron chi connectivity index (χ3n) is 3.30. The van der Waals surface area contributed by atoms with Crippen LogP contribution in [0, 0.1) is 12.7 Å². The lowest BCUT2D eigenvalue weighted by Gasteiger charge is -2.10. The Kier molecular flexibility index (Phi) is 4.93. The Morgan fingerprint density at radius 1 is 1.28 bits per heavy atom. The van der Waals surface area contributed by atoms with Crippen molar-refractivity contribution >= 4 is 11.7 Å². The Hall–Kier alpha value is -3.36. The molecular weight excluding hydrogens is 325 g/mol. The molecule has 25 heavy (non-hydrogen) atoms. The van der Waals surface area contributed by atoms with E-state index in [9.17, 15) is 9.18 Å². The number of carbonyl (C=O) groups is 1. The smallest absolute Gasteiger partial charge is 0.254 e. The molecule has 3 aromatic heterocycles. The zero-order valence-corrected chi connectivity index (χ0v) is 13.5. The van der Waals surface area contributed by atoms with Crippen LogP contribution in [0.5, 0.6) is 0 Å². The van der Waals surface area contributed by atoms with Crippen molar-refractivity contribution in [2.45, 2.75) is 6.92 Å². The van der Waals surface area contributed by atoms with Gasteiger partial charge in [-0.15, -0.1) is 0 Å². The number of rotatable bonds is 6. The summed E-state index contributed by atoms with van der Waals surface area (Å²) in [6, 6.07) is 4.89. The first-order valence-corrected chi connectivity index (χ1v) is 7.61. The molecule has 0 unspecified atom stereocenters. The molecule has 3 rings (SSSR count). The fourth-order valence-electron chi connectivity index (χ4n) is 2.19. The van der Waals surface area contributed by atoms with Crippen molar-refractivity contribution in [3.05, 3.63) is 60.2 Å². The highest BCUT2D eigenvalue weighted by Crippen LogP contribution is 2.10. The summed E-state index contributed by atoms with van der Waals surface area (Å²) >= 11 is 0. The number of pyridine rings is 1. The van der Waals surface area contributed by atoms with E-state index in [2.05, 4.69) is 30.7 Å². The summed E-state index contributed by atoms with van der Waals surface area (Å²) in [5.74, 6) is 0.713. The van der Waals surface area contributed by atoms with Gasteiger partial charge in [-0.3, -0.25) is 9.78 Å². The summed E-state index contributed by atoms with van der Waals surface area (Å²) in [5.41, 5.74) is -0.0335. The van der Waals surface area contributed by atoms with Crippen LogP contribution in [0.1, 0.15) is 16.2 Å². The molecule has 0 saturated carbocycles. The molecule has 0 spiro atoms. The zero-order valence-electron chi connectivity index (χ0n) is 13.5. The number of amides is 1. The maximum absolute atomic E-state index is 13.5. The number of aryl methyl sites for hydroxylation is 1. The van der Waals surface area contributed by atoms with E-state index in [0.717, 1.165) is 6.20 Å². The Bertz CT molecular complexity index is 867. The van der Waals surface area contributed by atoms with E-state index < -0.39 is 11.7 Å². The standard InChI is InChI=1S/C16H16FN7O/c1-11-22-14(9-15(23-11)24-8-2-4-21-24)19-6-7-20-16(25)12-3-5-18-10-13(12)17/h2-5,8-10H,6-7H2,1H3,(H,20,25)(H,19,22,23). The summed E-state index contributed by atoms with van der Waals surface area (Å²) in [4.78, 5) is 24.1. The summed E-state index contributed by atoms with van der Waals surface area (Å²) in [6.07, 6.45) is 5.83. The van der Waals surface area contributed by atoms with Gasteiger partial charge in [-0.2, -0.15) is 5.10 Å². The molecule has 2 N–H and O–H groups in total. The second-order valence-electron chi connectivity index (χ2n) is 5.15. The lowest BCUT2D eigenvalue weighted by molar-refractivity contribution is 0.0951. The van der Waals surface area contributed by atoms with Gasteiger partial charge in [0.15, 0.2) is 11.6 Å². The van der Waals surface area contributed by atoms with Crippen LogP contribution in [0.3, 0.4) is 0 Å². The second-order valence-corrected chi connectivity index (χ2v) is 5.15. The largest absolute Gasteiger partial charge is 0.368 e. The van der Waals surface area contributed by atoms with Gasteiger partial charge in [-0.1, -0.05) is 0 Å². The Balaban J connectivity index is 1.56. The van der Waals surface area contributed by atoms with E-state index in [1.165, 1.54) is 12.3 Å². The molecule has 0 aliphatic heterocycles. The van der Waals surface area contributed by atoms with Gasteiger partial charge in [0.25, 0.3) is 5.91 Å². The van der Waals surface area contributed by atoms with E-state index in [0.29, 0.717) is 30.5 Å². The maximum atomic E-state index is 13.5. The summed E-state index contributed by atoms with van der Waals surface area (Å²) in [5, 5.41) is 9.86. The summed E-state index contributed by atoms with van der Waals surface area (Å²) in [7, 11) is 0. The van der Waals surface area contributed by atoms with Crippen molar-refractivity contribution in [2.24, 2.45) is 0 Å². The number of hydrogen-bond acceptors (Lipinski definition) is 6. The third-order valence-corrected chi connectivity index (χ3v) is 3.30. The van der Waals surface area contributed by atoms with Gasteiger partial charge in [-0.25, -0.2) is 19.0 Å². The molecule has 128 valence electrons. The van der Waals surface area contributed by atoms with Gasteiger partial charge in [0.1, 0.15) is 11.6 Å². The average Bonchev–Trinajstić information content (AvgIpc) is 3.13. The first-order valence-electron chi connectivity index (χ1n) is 7.61. The van der Waals surface area contributed by atoms with Crippen molar-refractivity contribution in [3.63, 3.8) is 0 Å². The maximum Gasteiger partial charge on any atom is 0.254 e. The van der Waals surface area contributed by atoms with Gasteiger partial charge >= 0.3 is 0 Å². The van der Waals surface area contributed by atoms with Crippen molar-refractivity contribution in [3.8, 4) is 5.82 Å². The van der Waals surface area contributed by atoms with Crippen molar-refractivity contribution in [1.82, 2.24) is 30.0 Å². The highest BCUT2D eigenvalue weighted by atomic mass is 19.1. The lowest BCUT2D eigenvalue weighted by Crippen LogP contribution is -2.29. The molecule has 0 aliphatic carbocycles. The first kappa shape index (κ1) is 16.5. The molecule has 3 heterocycles. The highest BCUT2D eigenvalue weighted by molar-refractivity contribution is 5.94. The van der Waals surface area contributed by atoms with Gasteiger partial charge in [0, 0.05) is 37.7 Å². The van der Waals surface area contributed by atoms with Crippen molar-refractivity contribution < 1.29 is 9.18 Å². The van der Waals surface area contributed by atoms with Crippen LogP contribution < -0.4 is 10.6 Å². The molecule has 1 amide bonds. The first-order chi connectivity index (χ1) is 12.1. The average molecular weight is 341 g/mol. The second kappa shape index (κ2) is 7.47.